The summed E-state index contributed by atoms with van der Waals surface area (Å²) >= 11 is 1.94. The standard InChI is InChI=1S/C11H23NOS/c1-3-12-9-11(6-8-14-2)5-4-7-13-10-11/h12H,3-10H2,1-2H3. The fraction of sp³-hybridized carbons (Fsp3) is 1.00. The first-order chi connectivity index (χ1) is 6.83. The molecule has 1 saturated heterocycles. The largest absolute Gasteiger partial charge is 0.381 e. The Labute approximate surface area is 92.2 Å². The van der Waals surface area contributed by atoms with Crippen molar-refractivity contribution in [2.24, 2.45) is 5.41 Å². The van der Waals surface area contributed by atoms with E-state index in [0.717, 1.165) is 26.3 Å². The fourth-order valence-corrected chi connectivity index (χ4v) is 2.68. The van der Waals surface area contributed by atoms with E-state index in [0.29, 0.717) is 5.41 Å². The van der Waals surface area contributed by atoms with Crippen molar-refractivity contribution in [3.8, 4) is 0 Å². The molecule has 1 aliphatic rings. The number of ether oxygens (including phenoxy) is 1. The van der Waals surface area contributed by atoms with Crippen LogP contribution >= 0.6 is 11.8 Å². The van der Waals surface area contributed by atoms with Crippen LogP contribution in [0, 0.1) is 5.41 Å². The van der Waals surface area contributed by atoms with Gasteiger partial charge in [-0.2, -0.15) is 11.8 Å². The van der Waals surface area contributed by atoms with Gasteiger partial charge < -0.3 is 10.1 Å². The lowest BCUT2D eigenvalue weighted by atomic mass is 9.80. The van der Waals surface area contributed by atoms with Gasteiger partial charge in [0.2, 0.25) is 0 Å². The maximum Gasteiger partial charge on any atom is 0.0534 e. The predicted octanol–water partition coefficient (Wildman–Crippen LogP) is 2.15. The first-order valence-corrected chi connectivity index (χ1v) is 7.00. The summed E-state index contributed by atoms with van der Waals surface area (Å²) in [6, 6.07) is 0. The van der Waals surface area contributed by atoms with Crippen molar-refractivity contribution >= 4 is 11.8 Å². The van der Waals surface area contributed by atoms with E-state index in [4.69, 9.17) is 4.74 Å². The van der Waals surface area contributed by atoms with Crippen molar-refractivity contribution < 1.29 is 4.74 Å². The number of thioether (sulfide) groups is 1. The highest BCUT2D eigenvalue weighted by atomic mass is 32.2. The van der Waals surface area contributed by atoms with Crippen LogP contribution in [0.1, 0.15) is 26.2 Å². The SMILES string of the molecule is CCNCC1(CCSC)CCCOC1. The van der Waals surface area contributed by atoms with Gasteiger partial charge in [0.05, 0.1) is 6.61 Å². The van der Waals surface area contributed by atoms with Gasteiger partial charge in [0.15, 0.2) is 0 Å². The Morgan fingerprint density at radius 3 is 2.93 bits per heavy atom. The van der Waals surface area contributed by atoms with Crippen LogP contribution in [0.4, 0.5) is 0 Å². The van der Waals surface area contributed by atoms with Gasteiger partial charge in [0, 0.05) is 18.6 Å². The minimum Gasteiger partial charge on any atom is -0.381 e. The van der Waals surface area contributed by atoms with Crippen molar-refractivity contribution in [2.75, 3.05) is 38.3 Å². The van der Waals surface area contributed by atoms with Gasteiger partial charge in [-0.1, -0.05) is 6.92 Å². The topological polar surface area (TPSA) is 21.3 Å². The molecule has 3 heteroatoms. The first-order valence-electron chi connectivity index (χ1n) is 5.60. The lowest BCUT2D eigenvalue weighted by Crippen LogP contribution is -2.41. The molecule has 1 atom stereocenters. The molecule has 0 radical (unpaired) electrons. The summed E-state index contributed by atoms with van der Waals surface area (Å²) in [4.78, 5) is 0. The van der Waals surface area contributed by atoms with Crippen LogP contribution in [0.5, 0.6) is 0 Å². The lowest BCUT2D eigenvalue weighted by molar-refractivity contribution is -0.00847. The quantitative estimate of drug-likeness (QED) is 0.736. The van der Waals surface area contributed by atoms with Gasteiger partial charge >= 0.3 is 0 Å². The summed E-state index contributed by atoms with van der Waals surface area (Å²) in [6.45, 7) is 6.30. The smallest absolute Gasteiger partial charge is 0.0534 e. The summed E-state index contributed by atoms with van der Waals surface area (Å²) in [6.07, 6.45) is 6.05. The van der Waals surface area contributed by atoms with Gasteiger partial charge in [-0.05, 0) is 37.8 Å². The molecule has 0 aromatic rings. The molecule has 84 valence electrons. The predicted molar refractivity (Wildman–Crippen MR) is 64.0 cm³/mol. The van der Waals surface area contributed by atoms with E-state index < -0.39 is 0 Å². The molecule has 0 saturated carbocycles. The van der Waals surface area contributed by atoms with Gasteiger partial charge in [0.1, 0.15) is 0 Å². The van der Waals surface area contributed by atoms with Crippen molar-refractivity contribution in [3.63, 3.8) is 0 Å². The van der Waals surface area contributed by atoms with Gasteiger partial charge in [-0.25, -0.2) is 0 Å². The maximum atomic E-state index is 5.63. The zero-order valence-electron chi connectivity index (χ0n) is 9.47. The third kappa shape index (κ3) is 3.79. The van der Waals surface area contributed by atoms with Gasteiger partial charge in [-0.3, -0.25) is 0 Å². The molecule has 1 heterocycles. The average molecular weight is 217 g/mol. The Balaban J connectivity index is 2.39. The number of nitrogens with one attached hydrogen (secondary N) is 1. The average Bonchev–Trinajstić information content (AvgIpc) is 2.25. The van der Waals surface area contributed by atoms with E-state index in [1.54, 1.807) is 0 Å². The summed E-state index contributed by atoms with van der Waals surface area (Å²) in [5.74, 6) is 1.26. The Morgan fingerprint density at radius 1 is 1.50 bits per heavy atom. The summed E-state index contributed by atoms with van der Waals surface area (Å²) in [5.41, 5.74) is 0.428. The van der Waals surface area contributed by atoms with E-state index in [2.05, 4.69) is 18.5 Å². The molecule has 2 nitrogen and oxygen atoms in total. The Bertz CT molecular complexity index is 136. The second-order valence-electron chi connectivity index (χ2n) is 4.18. The second kappa shape index (κ2) is 6.70. The molecular formula is C11H23NOS. The summed E-state index contributed by atoms with van der Waals surface area (Å²) < 4.78 is 5.63. The number of hydrogen-bond acceptors (Lipinski definition) is 3. The molecule has 0 amide bonds. The molecule has 0 aromatic carbocycles. The van der Waals surface area contributed by atoms with E-state index in [-0.39, 0.29) is 0 Å². The normalized spacial score (nSPS) is 27.9. The van der Waals surface area contributed by atoms with Crippen LogP contribution < -0.4 is 5.32 Å². The third-order valence-corrected chi connectivity index (χ3v) is 3.60. The van der Waals surface area contributed by atoms with Crippen molar-refractivity contribution in [3.05, 3.63) is 0 Å². The molecule has 1 rings (SSSR count). The zero-order valence-corrected chi connectivity index (χ0v) is 10.3. The van der Waals surface area contributed by atoms with Crippen LogP contribution in [-0.2, 0) is 4.74 Å². The molecule has 14 heavy (non-hydrogen) atoms. The summed E-state index contributed by atoms with van der Waals surface area (Å²) in [5, 5.41) is 3.48. The Kier molecular flexibility index (Phi) is 5.90. The maximum absolute atomic E-state index is 5.63. The summed E-state index contributed by atoms with van der Waals surface area (Å²) in [7, 11) is 0. The van der Waals surface area contributed by atoms with Crippen molar-refractivity contribution in [1.82, 2.24) is 5.32 Å². The van der Waals surface area contributed by atoms with Crippen LogP contribution in [0.15, 0.2) is 0 Å². The molecule has 1 aliphatic heterocycles. The Hall–Kier alpha value is 0.270. The number of rotatable bonds is 6. The minimum absolute atomic E-state index is 0.428. The highest BCUT2D eigenvalue weighted by molar-refractivity contribution is 7.98. The molecule has 1 fully saturated rings. The van der Waals surface area contributed by atoms with Crippen molar-refractivity contribution in [1.29, 1.82) is 0 Å². The number of hydrogen-bond donors (Lipinski definition) is 1. The molecule has 1 N–H and O–H groups in total. The lowest BCUT2D eigenvalue weighted by Gasteiger charge is -2.37. The van der Waals surface area contributed by atoms with E-state index in [9.17, 15) is 0 Å². The molecule has 0 spiro atoms. The van der Waals surface area contributed by atoms with Crippen molar-refractivity contribution in [2.45, 2.75) is 26.2 Å². The molecule has 0 aromatic heterocycles. The molecule has 0 aliphatic carbocycles. The first kappa shape index (κ1) is 12.3. The molecular weight excluding hydrogens is 194 g/mol. The van der Waals surface area contributed by atoms with Crippen LogP contribution in [0.3, 0.4) is 0 Å². The highest BCUT2D eigenvalue weighted by Crippen LogP contribution is 2.32. The fourth-order valence-electron chi connectivity index (χ4n) is 2.04. The van der Waals surface area contributed by atoms with E-state index in [1.807, 2.05) is 11.8 Å². The van der Waals surface area contributed by atoms with Crippen LogP contribution in [0.25, 0.3) is 0 Å². The van der Waals surface area contributed by atoms with E-state index >= 15 is 0 Å². The molecule has 1 unspecified atom stereocenters. The van der Waals surface area contributed by atoms with Gasteiger partial charge in [0.25, 0.3) is 0 Å². The minimum atomic E-state index is 0.428. The second-order valence-corrected chi connectivity index (χ2v) is 5.16. The third-order valence-electron chi connectivity index (χ3n) is 2.99. The monoisotopic (exact) mass is 217 g/mol. The van der Waals surface area contributed by atoms with Crippen LogP contribution in [0.2, 0.25) is 0 Å². The van der Waals surface area contributed by atoms with Crippen LogP contribution in [-0.4, -0.2) is 38.3 Å². The van der Waals surface area contributed by atoms with E-state index in [1.165, 1.54) is 25.0 Å². The Morgan fingerprint density at radius 2 is 2.36 bits per heavy atom. The zero-order chi connectivity index (χ0) is 10.3. The molecule has 0 bridgehead atoms. The van der Waals surface area contributed by atoms with Gasteiger partial charge in [-0.15, -0.1) is 0 Å². The highest BCUT2D eigenvalue weighted by Gasteiger charge is 2.31.